The number of aldehydes is 1. The molecule has 0 atom stereocenters. The highest BCUT2D eigenvalue weighted by Gasteiger charge is 2.72. The highest BCUT2D eigenvalue weighted by Crippen LogP contribution is 2.47. The number of halogens is 12. The number of aromatic hydroxyl groups is 2. The molecule has 65 heavy (non-hydrogen) atoms. The van der Waals surface area contributed by atoms with E-state index in [1.165, 1.54) is 24.3 Å². The van der Waals surface area contributed by atoms with Gasteiger partial charge >= 0.3 is 47.9 Å². The molecule has 0 spiro atoms. The van der Waals surface area contributed by atoms with Crippen LogP contribution in [0.5, 0.6) is 11.5 Å². The SMILES string of the molecule is CC(OC(=O)c1ccc(C=O)cc1)(C(F)(F)F)C(F)(F)F.CC(OC(=O)c1ccc(Cc2c(O)c3ccccc3oc2=O)cc1)(C(F)(F)F)C(F)(F)F.O=c1cc(O)c2ccccc2o1. The molecule has 4 aromatic carbocycles. The third-order valence-electron chi connectivity index (χ3n) is 9.12. The molecule has 0 saturated heterocycles. The van der Waals surface area contributed by atoms with Gasteiger partial charge in [0.05, 0.1) is 33.5 Å². The third-order valence-corrected chi connectivity index (χ3v) is 9.12. The van der Waals surface area contributed by atoms with Gasteiger partial charge in [-0.25, -0.2) is 19.2 Å². The Kier molecular flexibility index (Phi) is 14.5. The fourth-order valence-electron chi connectivity index (χ4n) is 5.12. The molecular formula is C42H28F12O11. The van der Waals surface area contributed by atoms with Crippen LogP contribution < -0.4 is 11.3 Å². The molecule has 346 valence electrons. The minimum Gasteiger partial charge on any atom is -0.507 e. The van der Waals surface area contributed by atoms with Gasteiger partial charge in [-0.15, -0.1) is 0 Å². The molecule has 0 saturated carbocycles. The Balaban J connectivity index is 0.000000238. The van der Waals surface area contributed by atoms with Crippen LogP contribution in [-0.2, 0) is 15.9 Å². The molecular weight excluding hydrogens is 908 g/mol. The molecule has 2 N–H and O–H groups in total. The number of esters is 2. The Hall–Kier alpha value is -7.33. The molecule has 0 bridgehead atoms. The van der Waals surface area contributed by atoms with Crippen LogP contribution in [0.1, 0.15) is 56.0 Å². The fraction of sp³-hybridized carbons (Fsp3) is 0.214. The van der Waals surface area contributed by atoms with Gasteiger partial charge in [-0.2, -0.15) is 52.7 Å². The number of ether oxygens (including phenoxy) is 2. The number of carbonyl (C=O) groups is 3. The predicted octanol–water partition coefficient (Wildman–Crippen LogP) is 10.2. The van der Waals surface area contributed by atoms with Crippen molar-refractivity contribution < 1.29 is 95.6 Å². The van der Waals surface area contributed by atoms with Gasteiger partial charge in [0, 0.05) is 12.0 Å². The summed E-state index contributed by atoms with van der Waals surface area (Å²) in [6, 6.07) is 22.3. The van der Waals surface area contributed by atoms with Gasteiger partial charge in [0.2, 0.25) is 0 Å². The van der Waals surface area contributed by atoms with E-state index in [1.54, 1.807) is 36.4 Å². The van der Waals surface area contributed by atoms with Gasteiger partial charge in [-0.3, -0.25) is 4.79 Å². The van der Waals surface area contributed by atoms with Gasteiger partial charge in [0.15, 0.2) is 0 Å². The smallest absolute Gasteiger partial charge is 0.437 e. The molecule has 0 aliphatic rings. The summed E-state index contributed by atoms with van der Waals surface area (Å²) in [7, 11) is 0. The summed E-state index contributed by atoms with van der Waals surface area (Å²) in [5.74, 6) is -4.00. The lowest BCUT2D eigenvalue weighted by atomic mass is 10.0. The molecule has 11 nitrogen and oxygen atoms in total. The zero-order valence-electron chi connectivity index (χ0n) is 32.7. The van der Waals surface area contributed by atoms with Crippen molar-refractivity contribution in [3.8, 4) is 11.5 Å². The van der Waals surface area contributed by atoms with Crippen LogP contribution in [0.2, 0.25) is 0 Å². The van der Waals surface area contributed by atoms with E-state index in [0.717, 1.165) is 42.5 Å². The minimum absolute atomic E-state index is 0.0400. The highest BCUT2D eigenvalue weighted by atomic mass is 19.4. The topological polar surface area (TPSA) is 171 Å². The lowest BCUT2D eigenvalue weighted by molar-refractivity contribution is -0.358. The molecule has 0 aliphatic carbocycles. The molecule has 0 fully saturated rings. The number of fused-ring (bicyclic) bond motifs is 2. The number of rotatable bonds is 7. The lowest BCUT2D eigenvalue weighted by Gasteiger charge is -2.33. The molecule has 6 rings (SSSR count). The third kappa shape index (κ3) is 11.3. The minimum atomic E-state index is -5.89. The Labute approximate surface area is 355 Å². The number of benzene rings is 4. The van der Waals surface area contributed by atoms with E-state index in [0.29, 0.717) is 22.8 Å². The van der Waals surface area contributed by atoms with Gasteiger partial charge in [0.25, 0.3) is 11.2 Å². The molecule has 2 aromatic heterocycles. The maximum Gasteiger partial charge on any atom is 0.437 e. The van der Waals surface area contributed by atoms with Crippen molar-refractivity contribution in [2.24, 2.45) is 0 Å². The predicted molar refractivity (Wildman–Crippen MR) is 201 cm³/mol. The van der Waals surface area contributed by atoms with Crippen LogP contribution in [0.4, 0.5) is 52.7 Å². The second-order valence-corrected chi connectivity index (χ2v) is 13.6. The average Bonchev–Trinajstić information content (AvgIpc) is 3.21. The zero-order valence-corrected chi connectivity index (χ0v) is 32.7. The largest absolute Gasteiger partial charge is 0.507 e. The van der Waals surface area contributed by atoms with Gasteiger partial charge in [0.1, 0.15) is 29.0 Å². The summed E-state index contributed by atoms with van der Waals surface area (Å²) in [5.41, 5.74) is -10.9. The van der Waals surface area contributed by atoms with Crippen LogP contribution >= 0.6 is 0 Å². The fourth-order valence-corrected chi connectivity index (χ4v) is 5.12. The first kappa shape index (κ1) is 50.3. The van der Waals surface area contributed by atoms with E-state index in [4.69, 9.17) is 8.83 Å². The van der Waals surface area contributed by atoms with Gasteiger partial charge < -0.3 is 28.5 Å². The van der Waals surface area contributed by atoms with Crippen LogP contribution in [0, 0.1) is 0 Å². The van der Waals surface area contributed by atoms with Crippen LogP contribution in [0.25, 0.3) is 21.9 Å². The van der Waals surface area contributed by atoms with Crippen molar-refractivity contribution in [2.75, 3.05) is 0 Å². The number of hydrogen-bond donors (Lipinski definition) is 2. The molecule has 23 heteroatoms. The van der Waals surface area contributed by atoms with Gasteiger partial charge in [-0.05, 0) is 67.9 Å². The summed E-state index contributed by atoms with van der Waals surface area (Å²) in [4.78, 5) is 56.7. The number of alkyl halides is 12. The van der Waals surface area contributed by atoms with E-state index in [1.807, 2.05) is 0 Å². The van der Waals surface area contributed by atoms with Crippen molar-refractivity contribution in [3.05, 3.63) is 152 Å². The lowest BCUT2D eigenvalue weighted by Crippen LogP contribution is -2.57. The Morgan fingerprint density at radius 3 is 1.42 bits per heavy atom. The summed E-state index contributed by atoms with van der Waals surface area (Å²) >= 11 is 0. The molecule has 0 amide bonds. The zero-order chi connectivity index (χ0) is 48.9. The maximum absolute atomic E-state index is 12.9. The number of carbonyl (C=O) groups excluding carboxylic acids is 3. The van der Waals surface area contributed by atoms with Crippen molar-refractivity contribution in [3.63, 3.8) is 0 Å². The Morgan fingerprint density at radius 2 is 0.985 bits per heavy atom. The monoisotopic (exact) mass is 936 g/mol. The Bertz CT molecular complexity index is 2760. The van der Waals surface area contributed by atoms with Crippen molar-refractivity contribution in [1.82, 2.24) is 0 Å². The van der Waals surface area contributed by atoms with Crippen LogP contribution in [0.3, 0.4) is 0 Å². The van der Waals surface area contributed by atoms with Gasteiger partial charge in [-0.1, -0.05) is 48.5 Å². The van der Waals surface area contributed by atoms with Crippen molar-refractivity contribution in [1.29, 1.82) is 0 Å². The van der Waals surface area contributed by atoms with E-state index in [-0.39, 0.29) is 53.9 Å². The summed E-state index contributed by atoms with van der Waals surface area (Å²) < 4.78 is 170. The Morgan fingerprint density at radius 1 is 0.585 bits per heavy atom. The van der Waals surface area contributed by atoms with Crippen LogP contribution in [0.15, 0.2) is 122 Å². The normalized spacial score (nSPS) is 12.3. The quantitative estimate of drug-likeness (QED) is 0.0676. The second-order valence-electron chi connectivity index (χ2n) is 13.6. The summed E-state index contributed by atoms with van der Waals surface area (Å²) in [6.07, 6.45) is -23.2. The van der Waals surface area contributed by atoms with E-state index < -0.39 is 70.2 Å². The van der Waals surface area contributed by atoms with Crippen LogP contribution in [-0.4, -0.2) is 64.3 Å². The molecule has 6 aromatic rings. The molecule has 0 aliphatic heterocycles. The number of para-hydroxylation sites is 2. The first-order valence-electron chi connectivity index (χ1n) is 17.8. The summed E-state index contributed by atoms with van der Waals surface area (Å²) in [5, 5.41) is 20.5. The molecule has 0 radical (unpaired) electrons. The van der Waals surface area contributed by atoms with Crippen molar-refractivity contribution in [2.45, 2.75) is 56.2 Å². The molecule has 0 unspecified atom stereocenters. The second kappa shape index (κ2) is 18.8. The van der Waals surface area contributed by atoms with Crippen molar-refractivity contribution >= 4 is 40.2 Å². The number of hydrogen-bond acceptors (Lipinski definition) is 11. The summed E-state index contributed by atoms with van der Waals surface area (Å²) in [6.45, 7) is -0.550. The molecule has 2 heterocycles. The van der Waals surface area contributed by atoms with E-state index in [9.17, 15) is 86.9 Å². The maximum atomic E-state index is 12.9. The standard InChI is InChI=1S/C21H14F6O5.C12H8F6O3.C9H6O3/c1-19(20(22,23)24,21(25,26)27)32-17(29)12-8-6-11(7-9-12)10-14-16(28)13-4-2-3-5-15(13)31-18(14)30;1-10(11(13,14)15,12(16,17)18)21-9(20)8-4-2-7(6-19)3-5-8;10-7-5-9(11)12-8-4-2-1-3-6(7)8/h2-9,28H,10H2,1H3;2-6H,1H3;1-5,10H. The first-order chi connectivity index (χ1) is 29.9. The average molecular weight is 937 g/mol. The van der Waals surface area contributed by atoms with E-state index >= 15 is 0 Å². The van der Waals surface area contributed by atoms with E-state index in [2.05, 4.69) is 9.47 Å². The first-order valence-corrected chi connectivity index (χ1v) is 17.8. The highest BCUT2D eigenvalue weighted by molar-refractivity contribution is 5.91.